The Hall–Kier alpha value is -3.62. The molecule has 1 aromatic carbocycles. The topological polar surface area (TPSA) is 98.1 Å². The van der Waals surface area contributed by atoms with Crippen molar-refractivity contribution in [1.29, 1.82) is 0 Å². The van der Waals surface area contributed by atoms with E-state index in [2.05, 4.69) is 15.4 Å². The predicted octanol–water partition coefficient (Wildman–Crippen LogP) is 2.55. The average Bonchev–Trinajstić information content (AvgIpc) is 3.40. The average molecular weight is 435 g/mol. The van der Waals surface area contributed by atoms with Crippen molar-refractivity contribution in [1.82, 2.24) is 19.5 Å². The highest BCUT2D eigenvalue weighted by Crippen LogP contribution is 2.41. The van der Waals surface area contributed by atoms with E-state index in [9.17, 15) is 9.59 Å². The summed E-state index contributed by atoms with van der Waals surface area (Å²) in [6.45, 7) is 5.08. The van der Waals surface area contributed by atoms with Gasteiger partial charge in [-0.15, -0.1) is 0 Å². The van der Waals surface area contributed by atoms with Gasteiger partial charge in [0.05, 0.1) is 18.5 Å². The minimum Gasteiger partial charge on any atom is -0.491 e. The highest BCUT2D eigenvalue weighted by Gasteiger charge is 2.32. The van der Waals surface area contributed by atoms with Crippen LogP contribution in [-0.4, -0.2) is 57.1 Å². The smallest absolute Gasteiger partial charge is 0.261 e. The third kappa shape index (κ3) is 3.74. The van der Waals surface area contributed by atoms with Crippen LogP contribution in [0.3, 0.4) is 0 Å². The molecule has 0 unspecified atom stereocenters. The summed E-state index contributed by atoms with van der Waals surface area (Å²) in [6, 6.07) is 5.48. The van der Waals surface area contributed by atoms with Gasteiger partial charge in [0.15, 0.2) is 5.65 Å². The Kier molecular flexibility index (Phi) is 4.76. The number of carbonyl (C=O) groups excluding carboxylic acids is 2. The monoisotopic (exact) mass is 435 g/mol. The molecule has 1 saturated heterocycles. The Balaban J connectivity index is 1.42. The summed E-state index contributed by atoms with van der Waals surface area (Å²) in [5, 5.41) is 7.15. The first kappa shape index (κ1) is 20.3. The molecule has 0 spiro atoms. The summed E-state index contributed by atoms with van der Waals surface area (Å²) in [6.07, 6.45) is 6.05. The van der Waals surface area contributed by atoms with E-state index in [1.54, 1.807) is 34.9 Å². The molecule has 32 heavy (non-hydrogen) atoms. The van der Waals surface area contributed by atoms with Crippen molar-refractivity contribution in [3.05, 3.63) is 47.9 Å². The number of amides is 2. The van der Waals surface area contributed by atoms with Crippen LogP contribution in [0.15, 0.2) is 36.8 Å². The Morgan fingerprint density at radius 3 is 3.00 bits per heavy atom. The maximum Gasteiger partial charge on any atom is 0.261 e. The maximum absolute atomic E-state index is 13.1. The zero-order valence-electron chi connectivity index (χ0n) is 18.3. The normalized spacial score (nSPS) is 19.2. The molecule has 166 valence electrons. The van der Waals surface area contributed by atoms with Gasteiger partial charge in [0, 0.05) is 56.4 Å². The number of benzene rings is 1. The zero-order valence-corrected chi connectivity index (χ0v) is 18.3. The Morgan fingerprint density at radius 1 is 1.38 bits per heavy atom. The van der Waals surface area contributed by atoms with Crippen LogP contribution in [0.2, 0.25) is 0 Å². The van der Waals surface area contributed by atoms with E-state index in [-0.39, 0.29) is 23.3 Å². The fourth-order valence-electron chi connectivity index (χ4n) is 4.30. The molecule has 2 aromatic heterocycles. The van der Waals surface area contributed by atoms with Gasteiger partial charge in [-0.2, -0.15) is 5.10 Å². The molecule has 1 atom stereocenters. The van der Waals surface area contributed by atoms with Gasteiger partial charge in [-0.1, -0.05) is 0 Å². The quantitative estimate of drug-likeness (QED) is 0.661. The molecule has 3 aromatic rings. The van der Waals surface area contributed by atoms with Gasteiger partial charge in [0.1, 0.15) is 22.7 Å². The molecule has 4 heterocycles. The number of hydrogen-bond donors (Lipinski definition) is 1. The lowest BCUT2D eigenvalue weighted by Gasteiger charge is -2.18. The van der Waals surface area contributed by atoms with Crippen molar-refractivity contribution < 1.29 is 19.1 Å². The number of nitrogens with one attached hydrogen (secondary N) is 1. The van der Waals surface area contributed by atoms with Crippen LogP contribution in [0.5, 0.6) is 11.5 Å². The van der Waals surface area contributed by atoms with Gasteiger partial charge in [0.2, 0.25) is 5.91 Å². The number of likely N-dealkylation sites (tertiary alicyclic amines) is 1. The number of rotatable bonds is 5. The molecule has 2 aliphatic rings. The molecule has 2 aliphatic heterocycles. The predicted molar refractivity (Wildman–Crippen MR) is 117 cm³/mol. The summed E-state index contributed by atoms with van der Waals surface area (Å²) in [5.74, 6) is 1.16. The molecule has 1 N–H and O–H groups in total. The van der Waals surface area contributed by atoms with Crippen molar-refractivity contribution in [2.75, 3.05) is 25.5 Å². The zero-order chi connectivity index (χ0) is 22.5. The van der Waals surface area contributed by atoms with Gasteiger partial charge < -0.3 is 19.7 Å². The van der Waals surface area contributed by atoms with Crippen LogP contribution in [0.25, 0.3) is 5.65 Å². The Morgan fingerprint density at radius 2 is 2.22 bits per heavy atom. The number of carbonyl (C=O) groups is 2. The van der Waals surface area contributed by atoms with E-state index in [1.165, 1.54) is 6.20 Å². The molecule has 1 fully saturated rings. The maximum atomic E-state index is 13.1. The van der Waals surface area contributed by atoms with Crippen molar-refractivity contribution >= 4 is 23.1 Å². The van der Waals surface area contributed by atoms with Crippen LogP contribution >= 0.6 is 0 Å². The summed E-state index contributed by atoms with van der Waals surface area (Å²) >= 11 is 0. The van der Waals surface area contributed by atoms with Gasteiger partial charge in [-0.3, -0.25) is 9.59 Å². The van der Waals surface area contributed by atoms with Gasteiger partial charge >= 0.3 is 0 Å². The highest BCUT2D eigenvalue weighted by atomic mass is 16.5. The second kappa shape index (κ2) is 7.51. The molecule has 0 bridgehead atoms. The molecule has 5 rings (SSSR count). The largest absolute Gasteiger partial charge is 0.491 e. The lowest BCUT2D eigenvalue weighted by molar-refractivity contribution is -0.126. The second-order valence-corrected chi connectivity index (χ2v) is 9.05. The number of fused-ring (bicyclic) bond motifs is 2. The minimum atomic E-state index is -0.324. The molecule has 9 heteroatoms. The summed E-state index contributed by atoms with van der Waals surface area (Å²) < 4.78 is 13.7. The third-order valence-corrected chi connectivity index (χ3v) is 5.83. The van der Waals surface area contributed by atoms with Crippen LogP contribution in [-0.2, 0) is 11.2 Å². The van der Waals surface area contributed by atoms with Crippen LogP contribution in [0.4, 0.5) is 5.69 Å². The van der Waals surface area contributed by atoms with E-state index < -0.39 is 0 Å². The van der Waals surface area contributed by atoms with E-state index in [0.29, 0.717) is 42.2 Å². The van der Waals surface area contributed by atoms with Gasteiger partial charge in [0.25, 0.3) is 5.91 Å². The van der Waals surface area contributed by atoms with Gasteiger partial charge in [-0.25, -0.2) is 9.50 Å². The minimum absolute atomic E-state index is 0.102. The third-order valence-electron chi connectivity index (χ3n) is 5.83. The van der Waals surface area contributed by atoms with E-state index in [4.69, 9.17) is 9.47 Å². The SMILES string of the molecule is CN1C[C@H](COc2cc3c(cc2NC(=O)c2cnn4cccnc24)CC(C)(C)O3)CC1=O. The lowest BCUT2D eigenvalue weighted by atomic mass is 10.0. The summed E-state index contributed by atoms with van der Waals surface area (Å²) in [7, 11) is 1.80. The number of aromatic nitrogens is 3. The fraction of sp³-hybridized carbons (Fsp3) is 0.391. The Bertz CT molecular complexity index is 1220. The number of nitrogens with zero attached hydrogens (tertiary/aromatic N) is 4. The first-order chi connectivity index (χ1) is 15.3. The van der Waals surface area contributed by atoms with Crippen molar-refractivity contribution in [3.8, 4) is 11.5 Å². The number of anilines is 1. The summed E-state index contributed by atoms with van der Waals surface area (Å²) in [4.78, 5) is 30.9. The molecule has 0 saturated carbocycles. The van der Waals surface area contributed by atoms with E-state index in [0.717, 1.165) is 17.7 Å². The molecule has 9 nitrogen and oxygen atoms in total. The van der Waals surface area contributed by atoms with Crippen molar-refractivity contribution in [3.63, 3.8) is 0 Å². The molecule has 2 amide bonds. The number of ether oxygens (including phenoxy) is 2. The van der Waals surface area contributed by atoms with E-state index in [1.807, 2.05) is 26.0 Å². The van der Waals surface area contributed by atoms with Crippen molar-refractivity contribution in [2.45, 2.75) is 32.3 Å². The molecular weight excluding hydrogens is 410 g/mol. The van der Waals surface area contributed by atoms with E-state index >= 15 is 0 Å². The highest BCUT2D eigenvalue weighted by molar-refractivity contribution is 6.08. The van der Waals surface area contributed by atoms with Crippen LogP contribution in [0.1, 0.15) is 36.2 Å². The first-order valence-electron chi connectivity index (χ1n) is 10.6. The molecular formula is C23H25N5O4. The van der Waals surface area contributed by atoms with Gasteiger partial charge in [-0.05, 0) is 26.0 Å². The molecule has 0 aliphatic carbocycles. The van der Waals surface area contributed by atoms with Crippen LogP contribution in [0, 0.1) is 5.92 Å². The second-order valence-electron chi connectivity index (χ2n) is 9.05. The fourth-order valence-corrected chi connectivity index (χ4v) is 4.30. The Labute approximate surface area is 185 Å². The number of hydrogen-bond acceptors (Lipinski definition) is 6. The lowest BCUT2D eigenvalue weighted by Crippen LogP contribution is -2.24. The van der Waals surface area contributed by atoms with Crippen molar-refractivity contribution in [2.24, 2.45) is 5.92 Å². The summed E-state index contributed by atoms with van der Waals surface area (Å²) in [5.41, 5.74) is 2.09. The molecule has 0 radical (unpaired) electrons. The first-order valence-corrected chi connectivity index (χ1v) is 10.6. The van der Waals surface area contributed by atoms with Crippen LogP contribution < -0.4 is 14.8 Å². The standard InChI is InChI=1S/C23H25N5O4/c1-23(2)10-15-8-17(26-22(30)16-11-25-28-6-4-5-24-21(16)28)19(9-18(15)32-23)31-13-14-7-20(29)27(3)12-14/h4-6,8-9,11,14H,7,10,12-13H2,1-3H3,(H,26,30)/t14-/m1/s1.